The van der Waals surface area contributed by atoms with E-state index in [4.69, 9.17) is 0 Å². The molecule has 1 amide bonds. The predicted octanol–water partition coefficient (Wildman–Crippen LogP) is 3.34. The maximum atomic E-state index is 12.0. The average Bonchev–Trinajstić information content (AvgIpc) is 2.44. The van der Waals surface area contributed by atoms with Gasteiger partial charge in [0.2, 0.25) is 5.91 Å². The van der Waals surface area contributed by atoms with Gasteiger partial charge in [0.25, 0.3) is 0 Å². The number of rotatable bonds is 5. The van der Waals surface area contributed by atoms with Crippen molar-refractivity contribution in [3.63, 3.8) is 0 Å². The molecule has 0 saturated carbocycles. The Labute approximate surface area is 126 Å². The average molecular weight is 282 g/mol. The first kappa shape index (κ1) is 15.3. The van der Waals surface area contributed by atoms with Crippen molar-refractivity contribution in [1.29, 1.82) is 0 Å². The molecule has 3 heteroatoms. The largest absolute Gasteiger partial charge is 0.325 e. The minimum absolute atomic E-state index is 0.0180. The van der Waals surface area contributed by atoms with Crippen LogP contribution in [-0.2, 0) is 11.3 Å². The molecule has 0 spiro atoms. The van der Waals surface area contributed by atoms with Crippen molar-refractivity contribution < 1.29 is 4.79 Å². The van der Waals surface area contributed by atoms with Crippen molar-refractivity contribution in [2.75, 3.05) is 11.9 Å². The fourth-order valence-corrected chi connectivity index (χ4v) is 2.27. The van der Waals surface area contributed by atoms with E-state index >= 15 is 0 Å². The van der Waals surface area contributed by atoms with E-state index in [0.29, 0.717) is 13.1 Å². The Morgan fingerprint density at radius 1 is 1.00 bits per heavy atom. The third kappa shape index (κ3) is 4.43. The van der Waals surface area contributed by atoms with Crippen molar-refractivity contribution in [3.05, 3.63) is 64.7 Å². The number of benzene rings is 2. The zero-order valence-corrected chi connectivity index (χ0v) is 12.9. The van der Waals surface area contributed by atoms with Crippen LogP contribution in [0.5, 0.6) is 0 Å². The first-order valence-electron chi connectivity index (χ1n) is 7.18. The minimum atomic E-state index is -0.0180. The molecular formula is C18H22N2O. The molecule has 0 bridgehead atoms. The van der Waals surface area contributed by atoms with Crippen molar-refractivity contribution in [2.24, 2.45) is 0 Å². The second-order valence-corrected chi connectivity index (χ2v) is 5.40. The lowest BCUT2D eigenvalue weighted by atomic mass is 10.1. The molecule has 110 valence electrons. The van der Waals surface area contributed by atoms with Crippen molar-refractivity contribution >= 4 is 11.6 Å². The highest BCUT2D eigenvalue weighted by molar-refractivity contribution is 5.92. The van der Waals surface area contributed by atoms with Gasteiger partial charge in [-0.1, -0.05) is 42.0 Å². The van der Waals surface area contributed by atoms with Crippen LogP contribution >= 0.6 is 0 Å². The van der Waals surface area contributed by atoms with Crippen LogP contribution in [0.4, 0.5) is 5.69 Å². The van der Waals surface area contributed by atoms with Gasteiger partial charge in [-0.25, -0.2) is 0 Å². The first-order valence-corrected chi connectivity index (χ1v) is 7.18. The summed E-state index contributed by atoms with van der Waals surface area (Å²) in [5, 5.41) is 6.12. The predicted molar refractivity (Wildman–Crippen MR) is 87.4 cm³/mol. The maximum absolute atomic E-state index is 12.0. The smallest absolute Gasteiger partial charge is 0.238 e. The van der Waals surface area contributed by atoms with Gasteiger partial charge in [0.1, 0.15) is 0 Å². The van der Waals surface area contributed by atoms with Crippen LogP contribution in [0.2, 0.25) is 0 Å². The number of anilines is 1. The zero-order valence-electron chi connectivity index (χ0n) is 12.9. The van der Waals surface area contributed by atoms with Crippen LogP contribution in [0.3, 0.4) is 0 Å². The molecule has 2 N–H and O–H groups in total. The zero-order chi connectivity index (χ0) is 15.2. The summed E-state index contributed by atoms with van der Waals surface area (Å²) < 4.78 is 0. The lowest BCUT2D eigenvalue weighted by Crippen LogP contribution is -2.28. The first-order chi connectivity index (χ1) is 10.1. The van der Waals surface area contributed by atoms with E-state index in [9.17, 15) is 4.79 Å². The summed E-state index contributed by atoms with van der Waals surface area (Å²) in [7, 11) is 0. The Morgan fingerprint density at radius 3 is 2.48 bits per heavy atom. The minimum Gasteiger partial charge on any atom is -0.325 e. The standard InChI is InChI=1S/C18H22N2O/c1-13-8-9-17(15(3)10-13)20-18(21)12-19-11-16-7-5-4-6-14(16)2/h4-10,19H,11-12H2,1-3H3,(H,20,21). The summed E-state index contributed by atoms with van der Waals surface area (Å²) in [5.41, 5.74) is 5.62. The Balaban J connectivity index is 1.84. The molecule has 2 aromatic carbocycles. The summed E-state index contributed by atoms with van der Waals surface area (Å²) in [6.07, 6.45) is 0. The highest BCUT2D eigenvalue weighted by Gasteiger charge is 2.05. The lowest BCUT2D eigenvalue weighted by molar-refractivity contribution is -0.115. The molecule has 0 fully saturated rings. The summed E-state index contributed by atoms with van der Waals surface area (Å²) in [4.78, 5) is 12.0. The molecule has 3 nitrogen and oxygen atoms in total. The highest BCUT2D eigenvalue weighted by Crippen LogP contribution is 2.15. The van der Waals surface area contributed by atoms with Gasteiger partial charge in [-0.3, -0.25) is 4.79 Å². The molecule has 0 aliphatic heterocycles. The molecule has 21 heavy (non-hydrogen) atoms. The molecule has 0 aromatic heterocycles. The number of hydrogen-bond donors (Lipinski definition) is 2. The van der Waals surface area contributed by atoms with Gasteiger partial charge >= 0.3 is 0 Å². The van der Waals surface area contributed by atoms with Gasteiger partial charge in [0.05, 0.1) is 6.54 Å². The number of amides is 1. The van der Waals surface area contributed by atoms with Crippen LogP contribution in [0.25, 0.3) is 0 Å². The number of carbonyl (C=O) groups excluding carboxylic acids is 1. The second kappa shape index (κ2) is 7.04. The normalized spacial score (nSPS) is 10.4. The van der Waals surface area contributed by atoms with Crippen LogP contribution in [-0.4, -0.2) is 12.5 Å². The summed E-state index contributed by atoms with van der Waals surface area (Å²) in [5.74, 6) is -0.0180. The lowest BCUT2D eigenvalue weighted by Gasteiger charge is -2.10. The van der Waals surface area contributed by atoms with E-state index in [1.807, 2.05) is 38.1 Å². The maximum Gasteiger partial charge on any atom is 0.238 e. The number of carbonyl (C=O) groups is 1. The van der Waals surface area contributed by atoms with Crippen LogP contribution in [0.15, 0.2) is 42.5 Å². The highest BCUT2D eigenvalue weighted by atomic mass is 16.1. The summed E-state index contributed by atoms with van der Waals surface area (Å²) in [6.45, 7) is 7.13. The van der Waals surface area contributed by atoms with Crippen molar-refractivity contribution in [3.8, 4) is 0 Å². The fourth-order valence-electron chi connectivity index (χ4n) is 2.27. The van der Waals surface area contributed by atoms with Crippen LogP contribution in [0.1, 0.15) is 22.3 Å². The molecule has 0 saturated heterocycles. The van der Waals surface area contributed by atoms with Crippen LogP contribution < -0.4 is 10.6 Å². The fraction of sp³-hybridized carbons (Fsp3) is 0.278. The topological polar surface area (TPSA) is 41.1 Å². The van der Waals surface area contributed by atoms with E-state index < -0.39 is 0 Å². The third-order valence-corrected chi connectivity index (χ3v) is 3.52. The number of nitrogens with one attached hydrogen (secondary N) is 2. The monoisotopic (exact) mass is 282 g/mol. The molecule has 0 heterocycles. The Kier molecular flexibility index (Phi) is 5.12. The molecular weight excluding hydrogens is 260 g/mol. The molecule has 2 rings (SSSR count). The molecule has 0 unspecified atom stereocenters. The van der Waals surface area contributed by atoms with Gasteiger partial charge in [-0.15, -0.1) is 0 Å². The van der Waals surface area contributed by atoms with Gasteiger partial charge in [0.15, 0.2) is 0 Å². The van der Waals surface area contributed by atoms with Crippen molar-refractivity contribution in [1.82, 2.24) is 5.32 Å². The van der Waals surface area contributed by atoms with E-state index in [1.54, 1.807) is 0 Å². The Hall–Kier alpha value is -2.13. The molecule has 0 radical (unpaired) electrons. The quantitative estimate of drug-likeness (QED) is 0.883. The summed E-state index contributed by atoms with van der Waals surface area (Å²) >= 11 is 0. The summed E-state index contributed by atoms with van der Waals surface area (Å²) in [6, 6.07) is 14.2. The molecule has 0 atom stereocenters. The molecule has 0 aliphatic rings. The van der Waals surface area contributed by atoms with Crippen LogP contribution in [0, 0.1) is 20.8 Å². The van der Waals surface area contributed by atoms with Gasteiger partial charge in [-0.05, 0) is 43.5 Å². The molecule has 0 aliphatic carbocycles. The van der Waals surface area contributed by atoms with E-state index in [1.165, 1.54) is 16.7 Å². The SMILES string of the molecule is Cc1ccc(NC(=O)CNCc2ccccc2C)c(C)c1. The van der Waals surface area contributed by atoms with E-state index in [0.717, 1.165) is 11.3 Å². The van der Waals surface area contributed by atoms with Gasteiger partial charge in [-0.2, -0.15) is 0 Å². The van der Waals surface area contributed by atoms with Gasteiger partial charge in [0, 0.05) is 12.2 Å². The molecule has 2 aromatic rings. The Bertz CT molecular complexity index is 635. The second-order valence-electron chi connectivity index (χ2n) is 5.40. The third-order valence-electron chi connectivity index (χ3n) is 3.52. The van der Waals surface area contributed by atoms with Gasteiger partial charge < -0.3 is 10.6 Å². The number of aryl methyl sites for hydroxylation is 3. The van der Waals surface area contributed by atoms with Crippen molar-refractivity contribution in [2.45, 2.75) is 27.3 Å². The number of hydrogen-bond acceptors (Lipinski definition) is 2. The van der Waals surface area contributed by atoms with E-state index in [-0.39, 0.29) is 5.91 Å². The Morgan fingerprint density at radius 2 is 1.76 bits per heavy atom. The van der Waals surface area contributed by atoms with E-state index in [2.05, 4.69) is 35.8 Å².